The van der Waals surface area contributed by atoms with E-state index in [2.05, 4.69) is 0 Å². The van der Waals surface area contributed by atoms with Gasteiger partial charge >= 0.3 is 11.9 Å². The molecule has 0 amide bonds. The van der Waals surface area contributed by atoms with Crippen LogP contribution in [0, 0.1) is 0 Å². The predicted octanol–water partition coefficient (Wildman–Crippen LogP) is 5.56. The molecule has 0 saturated carbocycles. The summed E-state index contributed by atoms with van der Waals surface area (Å²) >= 11 is 0. The molecule has 6 nitrogen and oxygen atoms in total. The lowest BCUT2D eigenvalue weighted by Crippen LogP contribution is -2.18. The highest BCUT2D eigenvalue weighted by molar-refractivity contribution is 6.14. The molecular weight excluding hydrogens is 408 g/mol. The molecule has 0 fully saturated rings. The molecule has 0 aliphatic rings. The summed E-state index contributed by atoms with van der Waals surface area (Å²) in [4.78, 5) is 26.2. The minimum absolute atomic E-state index is 0.0195. The smallest absolute Gasteiger partial charge is 0.342 e. The van der Waals surface area contributed by atoms with Gasteiger partial charge in [0.25, 0.3) is 0 Å². The second-order valence-electron chi connectivity index (χ2n) is 7.02. The van der Waals surface area contributed by atoms with Crippen LogP contribution in [0.2, 0.25) is 0 Å². The normalized spacial score (nSPS) is 10.6. The molecule has 0 aromatic heterocycles. The molecule has 32 heavy (non-hydrogen) atoms. The van der Waals surface area contributed by atoms with Gasteiger partial charge in [0.2, 0.25) is 0 Å². The fourth-order valence-corrected chi connectivity index (χ4v) is 3.41. The summed E-state index contributed by atoms with van der Waals surface area (Å²) in [6.07, 6.45) is 0.734. The molecule has 3 rings (SSSR count). The summed E-state index contributed by atoms with van der Waals surface area (Å²) in [6.45, 7) is 6.29. The van der Waals surface area contributed by atoms with E-state index in [4.69, 9.17) is 18.9 Å². The third-order valence-corrected chi connectivity index (χ3v) is 4.76. The molecule has 3 aromatic carbocycles. The summed E-state index contributed by atoms with van der Waals surface area (Å²) in [6, 6.07) is 17.0. The van der Waals surface area contributed by atoms with Gasteiger partial charge in [0.05, 0.1) is 19.8 Å². The summed E-state index contributed by atoms with van der Waals surface area (Å²) in [7, 11) is 0. The Bertz CT molecular complexity index is 1070. The average molecular weight is 437 g/mol. The average Bonchev–Trinajstić information content (AvgIpc) is 2.81. The highest BCUT2D eigenvalue weighted by atomic mass is 16.5. The van der Waals surface area contributed by atoms with Crippen molar-refractivity contribution in [1.29, 1.82) is 0 Å². The molecule has 6 heteroatoms. The molecule has 0 saturated heterocycles. The Balaban J connectivity index is 2.29. The van der Waals surface area contributed by atoms with Crippen molar-refractivity contribution in [3.8, 4) is 11.5 Å². The topological polar surface area (TPSA) is 71.1 Å². The van der Waals surface area contributed by atoms with Gasteiger partial charge in [0.15, 0.2) is 0 Å². The van der Waals surface area contributed by atoms with Gasteiger partial charge in [-0.25, -0.2) is 9.59 Å². The first-order valence-electron chi connectivity index (χ1n) is 10.8. The van der Waals surface area contributed by atoms with Crippen molar-refractivity contribution in [2.45, 2.75) is 33.8 Å². The van der Waals surface area contributed by atoms with Gasteiger partial charge in [-0.3, -0.25) is 0 Å². The molecule has 3 aromatic rings. The lowest BCUT2D eigenvalue weighted by Gasteiger charge is -2.21. The zero-order valence-electron chi connectivity index (χ0n) is 18.7. The van der Waals surface area contributed by atoms with Crippen LogP contribution in [0.25, 0.3) is 10.8 Å². The number of carbonyl (C=O) groups excluding carboxylic acids is 2. The van der Waals surface area contributed by atoms with Crippen molar-refractivity contribution >= 4 is 22.7 Å². The monoisotopic (exact) mass is 436 g/mol. The molecule has 0 unspecified atom stereocenters. The van der Waals surface area contributed by atoms with E-state index in [1.807, 2.05) is 61.5 Å². The Morgan fingerprint density at radius 2 is 1.19 bits per heavy atom. The van der Waals surface area contributed by atoms with Crippen molar-refractivity contribution < 1.29 is 28.5 Å². The van der Waals surface area contributed by atoms with E-state index in [1.54, 1.807) is 13.8 Å². The second kappa shape index (κ2) is 11.2. The van der Waals surface area contributed by atoms with Crippen LogP contribution in [0.1, 0.15) is 53.5 Å². The van der Waals surface area contributed by atoms with E-state index in [9.17, 15) is 9.59 Å². The van der Waals surface area contributed by atoms with E-state index in [0.29, 0.717) is 23.1 Å². The maximum atomic E-state index is 13.1. The van der Waals surface area contributed by atoms with Crippen LogP contribution in [0.15, 0.2) is 54.6 Å². The first kappa shape index (κ1) is 23.1. The van der Waals surface area contributed by atoms with E-state index in [1.165, 1.54) is 0 Å². The standard InChI is InChI=1S/C26H28O6/c1-4-16-31-23-19-14-10-11-15-20(19)24(32-17-18-12-8-7-9-13-18)22(26(28)30-6-3)21(23)25(27)29-5-2/h7-15H,4-6,16-17H2,1-3H3. The summed E-state index contributed by atoms with van der Waals surface area (Å²) in [5.41, 5.74) is 0.974. The molecule has 0 bridgehead atoms. The number of carbonyl (C=O) groups is 2. The second-order valence-corrected chi connectivity index (χ2v) is 7.02. The van der Waals surface area contributed by atoms with Crippen LogP contribution in [0.4, 0.5) is 0 Å². The van der Waals surface area contributed by atoms with Crippen LogP contribution in [0.3, 0.4) is 0 Å². The Kier molecular flexibility index (Phi) is 8.08. The zero-order chi connectivity index (χ0) is 22.9. The van der Waals surface area contributed by atoms with Crippen LogP contribution >= 0.6 is 0 Å². The lowest BCUT2D eigenvalue weighted by atomic mass is 9.97. The van der Waals surface area contributed by atoms with Gasteiger partial charge in [-0.15, -0.1) is 0 Å². The first-order chi connectivity index (χ1) is 15.6. The maximum Gasteiger partial charge on any atom is 0.342 e. The van der Waals surface area contributed by atoms with Gasteiger partial charge in [0, 0.05) is 10.8 Å². The molecule has 0 aliphatic carbocycles. The summed E-state index contributed by atoms with van der Waals surface area (Å²) < 4.78 is 22.8. The highest BCUT2D eigenvalue weighted by Gasteiger charge is 2.32. The number of benzene rings is 3. The largest absolute Gasteiger partial charge is 0.492 e. The van der Waals surface area contributed by atoms with Crippen LogP contribution in [-0.2, 0) is 16.1 Å². The zero-order valence-corrected chi connectivity index (χ0v) is 18.7. The van der Waals surface area contributed by atoms with E-state index >= 15 is 0 Å². The van der Waals surface area contributed by atoms with E-state index in [-0.39, 0.29) is 36.7 Å². The van der Waals surface area contributed by atoms with Gasteiger partial charge in [-0.05, 0) is 25.8 Å². The number of esters is 2. The van der Waals surface area contributed by atoms with Crippen molar-refractivity contribution in [2.75, 3.05) is 19.8 Å². The van der Waals surface area contributed by atoms with Gasteiger partial charge in [-0.2, -0.15) is 0 Å². The molecule has 168 valence electrons. The van der Waals surface area contributed by atoms with Gasteiger partial charge in [-0.1, -0.05) is 61.5 Å². The van der Waals surface area contributed by atoms with Crippen LogP contribution in [-0.4, -0.2) is 31.8 Å². The Morgan fingerprint density at radius 1 is 0.688 bits per heavy atom. The molecule has 0 aliphatic heterocycles. The number of rotatable bonds is 10. The quantitative estimate of drug-likeness (QED) is 0.388. The Morgan fingerprint density at radius 3 is 1.69 bits per heavy atom. The molecule has 0 spiro atoms. The summed E-state index contributed by atoms with van der Waals surface area (Å²) in [5, 5.41) is 1.32. The number of hydrogen-bond donors (Lipinski definition) is 0. The third-order valence-electron chi connectivity index (χ3n) is 4.76. The third kappa shape index (κ3) is 5.02. The van der Waals surface area contributed by atoms with E-state index < -0.39 is 11.9 Å². The molecule has 0 N–H and O–H groups in total. The molecule has 0 heterocycles. The molecule has 0 atom stereocenters. The Labute approximate surface area is 188 Å². The SMILES string of the molecule is CCCOc1c(C(=O)OCC)c(C(=O)OCC)c(OCc2ccccc2)c2ccccc12. The first-order valence-corrected chi connectivity index (χ1v) is 10.8. The molecule has 0 radical (unpaired) electrons. The Hall–Kier alpha value is -3.54. The van der Waals surface area contributed by atoms with Crippen molar-refractivity contribution in [3.05, 3.63) is 71.3 Å². The predicted molar refractivity (Wildman–Crippen MR) is 122 cm³/mol. The summed E-state index contributed by atoms with van der Waals surface area (Å²) in [5.74, 6) is -0.742. The molecular formula is C26H28O6. The van der Waals surface area contributed by atoms with Crippen LogP contribution in [0.5, 0.6) is 11.5 Å². The van der Waals surface area contributed by atoms with Crippen molar-refractivity contribution in [2.24, 2.45) is 0 Å². The fourth-order valence-electron chi connectivity index (χ4n) is 3.41. The van der Waals surface area contributed by atoms with E-state index in [0.717, 1.165) is 12.0 Å². The maximum absolute atomic E-state index is 13.1. The minimum atomic E-state index is -0.661. The van der Waals surface area contributed by atoms with Crippen molar-refractivity contribution in [1.82, 2.24) is 0 Å². The minimum Gasteiger partial charge on any atom is -0.492 e. The lowest BCUT2D eigenvalue weighted by molar-refractivity contribution is 0.0471. The number of ether oxygens (including phenoxy) is 4. The van der Waals surface area contributed by atoms with Gasteiger partial charge < -0.3 is 18.9 Å². The highest BCUT2D eigenvalue weighted by Crippen LogP contribution is 2.42. The number of hydrogen-bond acceptors (Lipinski definition) is 6. The van der Waals surface area contributed by atoms with Crippen LogP contribution < -0.4 is 9.47 Å². The fraction of sp³-hybridized carbons (Fsp3) is 0.308. The number of fused-ring (bicyclic) bond motifs is 1. The van der Waals surface area contributed by atoms with Gasteiger partial charge in [0.1, 0.15) is 29.2 Å². The van der Waals surface area contributed by atoms with Crippen molar-refractivity contribution in [3.63, 3.8) is 0 Å².